The van der Waals surface area contributed by atoms with Gasteiger partial charge >= 0.3 is 5.97 Å². The molecule has 1 rings (SSSR count). The van der Waals surface area contributed by atoms with Gasteiger partial charge in [-0.2, -0.15) is 0 Å². The van der Waals surface area contributed by atoms with Crippen molar-refractivity contribution in [3.05, 3.63) is 97.2 Å². The molecule has 1 heterocycles. The van der Waals surface area contributed by atoms with Crippen LogP contribution in [0.5, 0.6) is 0 Å². The van der Waals surface area contributed by atoms with Gasteiger partial charge in [-0.05, 0) is 103 Å². The summed E-state index contributed by atoms with van der Waals surface area (Å²) in [6.07, 6.45) is 74.4. The number of rotatable bonds is 61. The molecular formula is C76H133NO10. The summed E-state index contributed by atoms with van der Waals surface area (Å²) in [7, 11) is 0. The van der Waals surface area contributed by atoms with Gasteiger partial charge in [0.1, 0.15) is 24.4 Å². The SMILES string of the molecule is CC/C=C\C/C=C\C/C=C\C/C=C\C/C=C\C/C=C\CCCCCCCCCC(O)C(=O)NC(COC1OC(CO)C(O)C(O)C1OC(=O)CCCCCCCCCCC/C=C/CCCCCCCC)C(O)/C=C/CCCCCCCCCCCCC. The Morgan fingerprint density at radius 1 is 0.460 bits per heavy atom. The van der Waals surface area contributed by atoms with Crippen LogP contribution < -0.4 is 5.32 Å². The van der Waals surface area contributed by atoms with E-state index in [1.807, 2.05) is 6.08 Å². The van der Waals surface area contributed by atoms with E-state index in [2.05, 4.69) is 111 Å². The number of esters is 1. The maximum absolute atomic E-state index is 13.5. The minimum atomic E-state index is -1.62. The highest BCUT2D eigenvalue weighted by Gasteiger charge is 2.47. The van der Waals surface area contributed by atoms with Gasteiger partial charge in [0.15, 0.2) is 12.4 Å². The lowest BCUT2D eigenvalue weighted by Gasteiger charge is -2.41. The third kappa shape index (κ3) is 50.0. The van der Waals surface area contributed by atoms with Gasteiger partial charge < -0.3 is 45.1 Å². The number of ether oxygens (including phenoxy) is 3. The van der Waals surface area contributed by atoms with Crippen molar-refractivity contribution >= 4 is 11.9 Å². The quantitative estimate of drug-likeness (QED) is 0.0195. The van der Waals surface area contributed by atoms with E-state index < -0.39 is 67.4 Å². The van der Waals surface area contributed by atoms with Crippen molar-refractivity contribution in [1.29, 1.82) is 0 Å². The molecule has 11 heteroatoms. The Balaban J connectivity index is 2.60. The molecule has 1 aliphatic heterocycles. The molecule has 0 aromatic heterocycles. The highest BCUT2D eigenvalue weighted by atomic mass is 16.7. The second-order valence-electron chi connectivity index (χ2n) is 24.6. The fourth-order valence-corrected chi connectivity index (χ4v) is 10.8. The summed E-state index contributed by atoms with van der Waals surface area (Å²) in [5.74, 6) is -1.20. The van der Waals surface area contributed by atoms with Gasteiger partial charge in [-0.3, -0.25) is 9.59 Å². The van der Waals surface area contributed by atoms with Crippen LogP contribution in [0, 0.1) is 0 Å². The zero-order valence-corrected chi connectivity index (χ0v) is 55.9. The van der Waals surface area contributed by atoms with Crippen LogP contribution in [0.25, 0.3) is 0 Å². The summed E-state index contributed by atoms with van der Waals surface area (Å²) in [5.41, 5.74) is 0. The van der Waals surface area contributed by atoms with Crippen LogP contribution in [0.4, 0.5) is 0 Å². The lowest BCUT2D eigenvalue weighted by atomic mass is 9.99. The normalized spacial score (nSPS) is 18.8. The summed E-state index contributed by atoms with van der Waals surface area (Å²) in [5, 5.41) is 57.3. The summed E-state index contributed by atoms with van der Waals surface area (Å²) < 4.78 is 17.7. The molecule has 0 aromatic carbocycles. The number of hydrogen-bond acceptors (Lipinski definition) is 10. The fourth-order valence-electron chi connectivity index (χ4n) is 10.8. The minimum Gasteiger partial charge on any atom is -0.454 e. The predicted octanol–water partition coefficient (Wildman–Crippen LogP) is 18.6. The van der Waals surface area contributed by atoms with E-state index in [1.54, 1.807) is 6.08 Å². The van der Waals surface area contributed by atoms with Crippen molar-refractivity contribution in [1.82, 2.24) is 5.32 Å². The van der Waals surface area contributed by atoms with E-state index in [1.165, 1.54) is 148 Å². The van der Waals surface area contributed by atoms with E-state index in [-0.39, 0.29) is 19.4 Å². The molecule has 1 amide bonds. The smallest absolute Gasteiger partial charge is 0.306 e. The second-order valence-corrected chi connectivity index (χ2v) is 24.6. The molecule has 87 heavy (non-hydrogen) atoms. The molecule has 0 bridgehead atoms. The van der Waals surface area contributed by atoms with Gasteiger partial charge in [0, 0.05) is 6.42 Å². The van der Waals surface area contributed by atoms with Gasteiger partial charge in [0.05, 0.1) is 25.4 Å². The number of unbranched alkanes of at least 4 members (excludes halogenated alkanes) is 33. The molecular weight excluding hydrogens is 1090 g/mol. The zero-order valence-electron chi connectivity index (χ0n) is 55.9. The van der Waals surface area contributed by atoms with Crippen LogP contribution in [0.1, 0.15) is 310 Å². The predicted molar refractivity (Wildman–Crippen MR) is 365 cm³/mol. The van der Waals surface area contributed by atoms with E-state index in [0.717, 1.165) is 116 Å². The summed E-state index contributed by atoms with van der Waals surface area (Å²) in [4.78, 5) is 26.7. The van der Waals surface area contributed by atoms with Crippen molar-refractivity contribution < 1.29 is 49.3 Å². The largest absolute Gasteiger partial charge is 0.454 e. The van der Waals surface area contributed by atoms with E-state index in [0.29, 0.717) is 12.8 Å². The van der Waals surface area contributed by atoms with Gasteiger partial charge in [-0.15, -0.1) is 0 Å². The number of nitrogens with one attached hydrogen (secondary N) is 1. The Hall–Kier alpha value is -3.42. The number of hydrogen-bond donors (Lipinski definition) is 6. The molecule has 0 aliphatic carbocycles. The van der Waals surface area contributed by atoms with Crippen molar-refractivity contribution in [2.75, 3.05) is 13.2 Å². The first kappa shape index (κ1) is 81.6. The third-order valence-electron chi connectivity index (χ3n) is 16.5. The number of allylic oxidation sites excluding steroid dienone is 15. The van der Waals surface area contributed by atoms with Crippen LogP contribution >= 0.6 is 0 Å². The molecule has 1 saturated heterocycles. The number of aliphatic hydroxyl groups excluding tert-OH is 5. The molecule has 1 fully saturated rings. The Kier molecular flexibility index (Phi) is 58.9. The first-order valence-corrected chi connectivity index (χ1v) is 36.0. The van der Waals surface area contributed by atoms with Gasteiger partial charge in [0.2, 0.25) is 5.91 Å². The number of carbonyl (C=O) groups is 2. The Morgan fingerprint density at radius 3 is 1.25 bits per heavy atom. The minimum absolute atomic E-state index is 0.118. The van der Waals surface area contributed by atoms with Crippen LogP contribution in [0.15, 0.2) is 97.2 Å². The number of amides is 1. The number of carbonyl (C=O) groups excluding carboxylic acids is 2. The summed E-state index contributed by atoms with van der Waals surface area (Å²) in [6.45, 7) is 5.70. The highest BCUT2D eigenvalue weighted by molar-refractivity contribution is 5.80. The Labute approximate surface area is 533 Å². The molecule has 0 radical (unpaired) electrons. The average molecular weight is 1220 g/mol. The van der Waals surface area contributed by atoms with Crippen LogP contribution in [-0.2, 0) is 23.8 Å². The Morgan fingerprint density at radius 2 is 0.828 bits per heavy atom. The molecule has 502 valence electrons. The van der Waals surface area contributed by atoms with Crippen LogP contribution in [0.2, 0.25) is 0 Å². The topological polar surface area (TPSA) is 175 Å². The maximum Gasteiger partial charge on any atom is 0.306 e. The third-order valence-corrected chi connectivity index (χ3v) is 16.5. The summed E-state index contributed by atoms with van der Waals surface area (Å²) >= 11 is 0. The van der Waals surface area contributed by atoms with Gasteiger partial charge in [-0.25, -0.2) is 0 Å². The van der Waals surface area contributed by atoms with E-state index in [9.17, 15) is 35.1 Å². The standard InChI is InChI=1S/C76H133NO10/c1-4-7-10-13-16-19-22-25-27-29-31-32-33-34-35-36-37-39-40-42-45-48-51-54-57-60-63-69(80)75(84)77-67(68(79)62-59-56-53-50-47-44-24-21-18-15-12-9-6-3)66-85-76-74(73(83)72(82)70(65-78)86-76)87-71(81)64-61-58-55-52-49-46-43-41-38-30-28-26-23-20-17-14-11-8-5-2/h7,10,16,19,25-28,31-32,34-35,37,39,59,62,67-70,72-74,76,78-80,82-83H,4-6,8-9,11-15,17-18,20-24,29-30,33,36,38,40-58,60-61,63-66H2,1-3H3,(H,77,84)/b10-7-,19-16-,27-25-,28-26+,32-31-,35-34-,39-37-,62-59+. The van der Waals surface area contributed by atoms with E-state index >= 15 is 0 Å². The molecule has 8 atom stereocenters. The first-order chi connectivity index (χ1) is 42.7. The van der Waals surface area contributed by atoms with Crippen LogP contribution in [-0.4, -0.2) is 99.6 Å². The molecule has 0 aromatic rings. The zero-order chi connectivity index (χ0) is 63.1. The number of aliphatic hydroxyl groups is 5. The van der Waals surface area contributed by atoms with Crippen molar-refractivity contribution in [3.8, 4) is 0 Å². The van der Waals surface area contributed by atoms with Crippen molar-refractivity contribution in [2.24, 2.45) is 0 Å². The molecule has 0 saturated carbocycles. The van der Waals surface area contributed by atoms with Crippen molar-refractivity contribution in [3.63, 3.8) is 0 Å². The van der Waals surface area contributed by atoms with Gasteiger partial charge in [-0.1, -0.05) is 298 Å². The second kappa shape index (κ2) is 62.8. The molecule has 8 unspecified atom stereocenters. The Bertz CT molecular complexity index is 1790. The molecule has 0 spiro atoms. The molecule has 6 N–H and O–H groups in total. The average Bonchev–Trinajstić information content (AvgIpc) is 1.52. The van der Waals surface area contributed by atoms with Crippen LogP contribution in [0.3, 0.4) is 0 Å². The molecule has 11 nitrogen and oxygen atoms in total. The maximum atomic E-state index is 13.5. The highest BCUT2D eigenvalue weighted by Crippen LogP contribution is 2.26. The van der Waals surface area contributed by atoms with Gasteiger partial charge in [0.25, 0.3) is 0 Å². The lowest BCUT2D eigenvalue weighted by Crippen LogP contribution is -2.61. The van der Waals surface area contributed by atoms with E-state index in [4.69, 9.17) is 14.2 Å². The molecule has 1 aliphatic rings. The summed E-state index contributed by atoms with van der Waals surface area (Å²) in [6, 6.07) is -1.04. The monoisotopic (exact) mass is 1220 g/mol. The first-order valence-electron chi connectivity index (χ1n) is 36.0. The van der Waals surface area contributed by atoms with Crippen molar-refractivity contribution in [2.45, 2.75) is 359 Å². The lowest BCUT2D eigenvalue weighted by molar-refractivity contribution is -0.305. The fraction of sp³-hybridized carbons (Fsp3) is 0.763.